The van der Waals surface area contributed by atoms with Crippen LogP contribution in [0.5, 0.6) is 0 Å². The van der Waals surface area contributed by atoms with Crippen LogP contribution in [0.3, 0.4) is 0 Å². The van der Waals surface area contributed by atoms with Gasteiger partial charge in [-0.15, -0.1) is 0 Å². The monoisotopic (exact) mass is 213 g/mol. The topological polar surface area (TPSA) is 44.2 Å². The van der Waals surface area contributed by atoms with Gasteiger partial charge >= 0.3 is 0 Å². The number of rotatable bonds is 2. The van der Waals surface area contributed by atoms with Gasteiger partial charge in [0.2, 0.25) is 0 Å². The third kappa shape index (κ3) is 1.69. The lowest BCUT2D eigenvalue weighted by atomic mass is 10.2. The highest BCUT2D eigenvalue weighted by atomic mass is 32.1. The fourth-order valence-electron chi connectivity index (χ4n) is 1.90. The third-order valence-corrected chi connectivity index (χ3v) is 2.89. The Hall–Kier alpha value is -0.810. The SMILES string of the molecule is OCc1c[nH]c(=S)n1N1CCCCC1. The smallest absolute Gasteiger partial charge is 0.196 e. The van der Waals surface area contributed by atoms with Gasteiger partial charge in [0.25, 0.3) is 0 Å². The Balaban J connectivity index is 2.28. The zero-order valence-corrected chi connectivity index (χ0v) is 8.89. The normalized spacial score (nSPS) is 17.4. The van der Waals surface area contributed by atoms with Gasteiger partial charge in [0.15, 0.2) is 4.77 Å². The number of nitrogens with zero attached hydrogens (tertiary/aromatic N) is 2. The molecule has 5 heteroatoms. The van der Waals surface area contributed by atoms with Crippen molar-refractivity contribution in [3.8, 4) is 0 Å². The maximum absolute atomic E-state index is 9.15. The molecule has 0 spiro atoms. The van der Waals surface area contributed by atoms with Gasteiger partial charge in [-0.25, -0.2) is 4.68 Å². The number of hydrogen-bond donors (Lipinski definition) is 2. The fourth-order valence-corrected chi connectivity index (χ4v) is 2.19. The summed E-state index contributed by atoms with van der Waals surface area (Å²) in [5, 5.41) is 11.4. The molecule has 2 N–H and O–H groups in total. The van der Waals surface area contributed by atoms with Crippen LogP contribution in [-0.4, -0.2) is 27.9 Å². The zero-order chi connectivity index (χ0) is 9.97. The van der Waals surface area contributed by atoms with E-state index in [4.69, 9.17) is 17.3 Å². The molecule has 0 amide bonds. The van der Waals surface area contributed by atoms with Crippen LogP contribution in [0.2, 0.25) is 0 Å². The molecule has 2 heterocycles. The van der Waals surface area contributed by atoms with Crippen molar-refractivity contribution in [3.63, 3.8) is 0 Å². The van der Waals surface area contributed by atoms with Crippen LogP contribution in [0.15, 0.2) is 6.20 Å². The Labute approximate surface area is 88.1 Å². The number of aromatic nitrogens is 2. The van der Waals surface area contributed by atoms with E-state index in [-0.39, 0.29) is 6.61 Å². The molecule has 0 atom stereocenters. The minimum atomic E-state index is 0.0314. The summed E-state index contributed by atoms with van der Waals surface area (Å²) in [5.74, 6) is 0. The highest BCUT2D eigenvalue weighted by Crippen LogP contribution is 2.11. The molecule has 0 radical (unpaired) electrons. The number of aliphatic hydroxyl groups is 1. The molecule has 0 unspecified atom stereocenters. The van der Waals surface area contributed by atoms with Crippen molar-refractivity contribution in [3.05, 3.63) is 16.7 Å². The van der Waals surface area contributed by atoms with Gasteiger partial charge < -0.3 is 15.1 Å². The van der Waals surface area contributed by atoms with E-state index in [9.17, 15) is 0 Å². The summed E-state index contributed by atoms with van der Waals surface area (Å²) < 4.78 is 2.60. The molecule has 1 aliphatic heterocycles. The van der Waals surface area contributed by atoms with Crippen molar-refractivity contribution in [2.45, 2.75) is 25.9 Å². The van der Waals surface area contributed by atoms with Crippen LogP contribution in [-0.2, 0) is 6.61 Å². The molecule has 0 saturated carbocycles. The molecule has 4 nitrogen and oxygen atoms in total. The average molecular weight is 213 g/mol. The van der Waals surface area contributed by atoms with E-state index >= 15 is 0 Å². The predicted molar refractivity (Wildman–Crippen MR) is 57.3 cm³/mol. The summed E-state index contributed by atoms with van der Waals surface area (Å²) in [6, 6.07) is 0. The summed E-state index contributed by atoms with van der Waals surface area (Å²) in [6.45, 7) is 2.09. The maximum Gasteiger partial charge on any atom is 0.196 e. The maximum atomic E-state index is 9.15. The van der Waals surface area contributed by atoms with Crippen LogP contribution < -0.4 is 5.01 Å². The van der Waals surface area contributed by atoms with Crippen molar-refractivity contribution in [2.24, 2.45) is 0 Å². The first-order valence-corrected chi connectivity index (χ1v) is 5.39. The number of hydrogen-bond acceptors (Lipinski definition) is 3. The van der Waals surface area contributed by atoms with Crippen LogP contribution in [0, 0.1) is 4.77 Å². The Bertz CT molecular complexity index is 351. The first-order chi connectivity index (χ1) is 6.83. The molecule has 2 rings (SSSR count). The third-order valence-electron chi connectivity index (χ3n) is 2.60. The summed E-state index contributed by atoms with van der Waals surface area (Å²) >= 11 is 5.17. The molecule has 1 saturated heterocycles. The second-order valence-corrected chi connectivity index (χ2v) is 3.96. The van der Waals surface area contributed by atoms with Crippen molar-refractivity contribution in [1.29, 1.82) is 0 Å². The van der Waals surface area contributed by atoms with Gasteiger partial charge in [0.05, 0.1) is 12.3 Å². The van der Waals surface area contributed by atoms with Crippen LogP contribution >= 0.6 is 12.2 Å². The van der Waals surface area contributed by atoms with Crippen molar-refractivity contribution >= 4 is 12.2 Å². The van der Waals surface area contributed by atoms with Gasteiger partial charge in [-0.05, 0) is 31.5 Å². The van der Waals surface area contributed by atoms with E-state index in [0.29, 0.717) is 4.77 Å². The fraction of sp³-hybridized carbons (Fsp3) is 0.667. The molecule has 0 aliphatic carbocycles. The van der Waals surface area contributed by atoms with E-state index < -0.39 is 0 Å². The average Bonchev–Trinajstić information content (AvgIpc) is 2.61. The van der Waals surface area contributed by atoms with Gasteiger partial charge in [-0.1, -0.05) is 0 Å². The first kappa shape index (κ1) is 9.73. The van der Waals surface area contributed by atoms with E-state index in [1.165, 1.54) is 19.3 Å². The molecule has 1 aromatic rings. The summed E-state index contributed by atoms with van der Waals surface area (Å²) in [7, 11) is 0. The molecule has 0 bridgehead atoms. The molecule has 14 heavy (non-hydrogen) atoms. The van der Waals surface area contributed by atoms with E-state index in [2.05, 4.69) is 9.99 Å². The minimum Gasteiger partial charge on any atom is -0.390 e. The predicted octanol–water partition coefficient (Wildman–Crippen LogP) is 1.16. The Morgan fingerprint density at radius 2 is 2.07 bits per heavy atom. The van der Waals surface area contributed by atoms with Gasteiger partial charge in [-0.2, -0.15) is 0 Å². The standard InChI is InChI=1S/C9H15N3OS/c13-7-8-6-10-9(14)12(8)11-4-2-1-3-5-11/h6,13H,1-5,7H2,(H,10,14). The lowest BCUT2D eigenvalue weighted by molar-refractivity contribution is 0.267. The van der Waals surface area contributed by atoms with E-state index in [1.807, 2.05) is 4.68 Å². The molecule has 1 aromatic heterocycles. The summed E-state index contributed by atoms with van der Waals surface area (Å²) in [6.07, 6.45) is 5.48. The lowest BCUT2D eigenvalue weighted by Gasteiger charge is -2.30. The summed E-state index contributed by atoms with van der Waals surface area (Å²) in [4.78, 5) is 2.96. The molecule has 0 aromatic carbocycles. The van der Waals surface area contributed by atoms with Crippen molar-refractivity contribution in [1.82, 2.24) is 9.66 Å². The largest absolute Gasteiger partial charge is 0.390 e. The van der Waals surface area contributed by atoms with Crippen LogP contribution in [0.25, 0.3) is 0 Å². The second-order valence-electron chi connectivity index (χ2n) is 3.57. The van der Waals surface area contributed by atoms with Gasteiger partial charge in [0, 0.05) is 19.3 Å². The molecule has 1 fully saturated rings. The number of nitrogens with one attached hydrogen (secondary N) is 1. The number of aromatic amines is 1. The quantitative estimate of drug-likeness (QED) is 0.725. The number of aliphatic hydroxyl groups excluding tert-OH is 1. The Morgan fingerprint density at radius 1 is 1.36 bits per heavy atom. The van der Waals surface area contributed by atoms with Gasteiger partial charge in [-0.3, -0.25) is 0 Å². The first-order valence-electron chi connectivity index (χ1n) is 4.98. The van der Waals surface area contributed by atoms with Gasteiger partial charge in [0.1, 0.15) is 0 Å². The van der Waals surface area contributed by atoms with E-state index in [0.717, 1.165) is 18.8 Å². The Morgan fingerprint density at radius 3 is 2.71 bits per heavy atom. The highest BCUT2D eigenvalue weighted by molar-refractivity contribution is 7.71. The Kier molecular flexibility index (Phi) is 2.88. The van der Waals surface area contributed by atoms with Crippen molar-refractivity contribution < 1.29 is 5.11 Å². The highest BCUT2D eigenvalue weighted by Gasteiger charge is 2.14. The molecular formula is C9H15N3OS. The lowest BCUT2D eigenvalue weighted by Crippen LogP contribution is -2.40. The van der Waals surface area contributed by atoms with E-state index in [1.54, 1.807) is 6.20 Å². The van der Waals surface area contributed by atoms with Crippen LogP contribution in [0.4, 0.5) is 0 Å². The number of piperidine rings is 1. The molecule has 1 aliphatic rings. The second kappa shape index (κ2) is 4.14. The summed E-state index contributed by atoms with van der Waals surface area (Å²) in [5.41, 5.74) is 0.844. The number of imidazole rings is 1. The number of H-pyrrole nitrogens is 1. The molecule has 78 valence electrons. The van der Waals surface area contributed by atoms with Crippen LogP contribution in [0.1, 0.15) is 25.0 Å². The minimum absolute atomic E-state index is 0.0314. The molecular weight excluding hydrogens is 198 g/mol. The van der Waals surface area contributed by atoms with Crippen molar-refractivity contribution in [2.75, 3.05) is 18.1 Å². The zero-order valence-electron chi connectivity index (χ0n) is 8.07.